The molecule has 0 saturated carbocycles. The Morgan fingerprint density at radius 2 is 1.07 bits per heavy atom. The summed E-state index contributed by atoms with van der Waals surface area (Å²) in [6.07, 6.45) is 12.0. The number of hydrogen-bond acceptors (Lipinski definition) is 13. The number of carbonyl (C=O) groups excluding carboxylic acids is 6. The molecule has 0 heterocycles. The predicted molar refractivity (Wildman–Crippen MR) is 208 cm³/mol. The third kappa shape index (κ3) is 27.6. The Hall–Kier alpha value is -3.94. The molecule has 0 bridgehead atoms. The van der Waals surface area contributed by atoms with E-state index >= 15 is 0 Å². The van der Waals surface area contributed by atoms with Crippen molar-refractivity contribution >= 4 is 36.0 Å². The summed E-state index contributed by atoms with van der Waals surface area (Å²) in [6, 6.07) is 0. The molecule has 0 radical (unpaired) electrons. The monoisotopic (exact) mass is 778 g/mol. The number of rotatable bonds is 14. The van der Waals surface area contributed by atoms with Crippen LogP contribution in [0.5, 0.6) is 0 Å². The van der Waals surface area contributed by atoms with Gasteiger partial charge in [0.05, 0.1) is 48.6 Å². The molecule has 0 fully saturated rings. The van der Waals surface area contributed by atoms with Gasteiger partial charge in [-0.25, -0.2) is 4.79 Å². The van der Waals surface area contributed by atoms with Crippen molar-refractivity contribution in [2.24, 2.45) is 29.1 Å². The average Bonchev–Trinajstić information content (AvgIpc) is 3.13. The van der Waals surface area contributed by atoms with Gasteiger partial charge in [-0.3, -0.25) is 24.0 Å². The number of hydrogen-bond donors (Lipinski definition) is 0. The van der Waals surface area contributed by atoms with Crippen LogP contribution in [0.4, 0.5) is 4.79 Å². The standard InChI is InChI=1S/C13H20O4.C11H18O2.C9H14O3.C6H10O4.CH4.Na.H/c1-7-10(8-9(2)3)13(4,11(14)16-5)12(15)17-6;1-6-10(7-8(2)3)9(4)11(12)13-5;1-8(2)6-4-5-7-12-9(10)11-3;1-4(5(7)9-2)6(8)10-3;;;/h7-8,10H,1H2,2-6H3;6-7,9-10H,1H2,2-5H3;4-6H,7H2,1-3H3;4H,1-3H3;1H4;;/q;;;;;+1;-1/b;;5-4+;;;;/t10-;9?,10-;;;;;/m00...../s1. The first-order valence-electron chi connectivity index (χ1n) is 16.1. The van der Waals surface area contributed by atoms with E-state index in [0.29, 0.717) is 0 Å². The number of esters is 5. The molecule has 0 aliphatic rings. The zero-order chi connectivity index (χ0) is 41.6. The third-order valence-corrected chi connectivity index (χ3v) is 6.74. The molecule has 54 heavy (non-hydrogen) atoms. The van der Waals surface area contributed by atoms with Crippen molar-refractivity contribution in [3.05, 3.63) is 72.4 Å². The van der Waals surface area contributed by atoms with Crippen molar-refractivity contribution in [3.8, 4) is 0 Å². The molecule has 0 rings (SSSR count). The Morgan fingerprint density at radius 1 is 0.648 bits per heavy atom. The molecule has 0 spiro atoms. The van der Waals surface area contributed by atoms with Crippen LogP contribution in [0.3, 0.4) is 0 Å². The topological polar surface area (TPSA) is 167 Å². The summed E-state index contributed by atoms with van der Waals surface area (Å²) in [5, 5.41) is 0. The Labute approximate surface area is 348 Å². The number of ether oxygens (including phenoxy) is 7. The maximum Gasteiger partial charge on any atom is 1.00 e. The van der Waals surface area contributed by atoms with E-state index in [2.05, 4.69) is 46.3 Å². The predicted octanol–water partition coefficient (Wildman–Crippen LogP) is 4.68. The van der Waals surface area contributed by atoms with Crippen molar-refractivity contribution in [1.29, 1.82) is 0 Å². The summed E-state index contributed by atoms with van der Waals surface area (Å²) in [5.74, 6) is -3.99. The molecule has 3 atom stereocenters. The molecule has 0 aromatic rings. The fraction of sp³-hybridized carbons (Fsp3) is 0.550. The van der Waals surface area contributed by atoms with E-state index < -0.39 is 47.3 Å². The molecule has 0 aliphatic carbocycles. The van der Waals surface area contributed by atoms with Crippen LogP contribution < -0.4 is 29.6 Å². The molecule has 306 valence electrons. The molecule has 0 aromatic carbocycles. The van der Waals surface area contributed by atoms with Gasteiger partial charge >= 0.3 is 65.6 Å². The van der Waals surface area contributed by atoms with Gasteiger partial charge in [-0.2, -0.15) is 0 Å². The SMILES string of the molecule is C.C=C[C@@H](C=C(C)C)C(C)(C(=O)OC)C(=O)OC.C=C[C@@H](C=C(C)C)C(C)C(=O)OC.COC(=O)C(C)C(=O)OC.COC(=O)OC/C=C/C=C(C)C.[H-].[Na+]. The van der Waals surface area contributed by atoms with Crippen LogP contribution in [-0.2, 0) is 57.1 Å². The summed E-state index contributed by atoms with van der Waals surface area (Å²) >= 11 is 0. The van der Waals surface area contributed by atoms with E-state index in [-0.39, 0.29) is 62.8 Å². The van der Waals surface area contributed by atoms with Gasteiger partial charge in [-0.05, 0) is 61.5 Å². The molecule has 13 nitrogen and oxygen atoms in total. The van der Waals surface area contributed by atoms with Crippen LogP contribution in [0.25, 0.3) is 0 Å². The summed E-state index contributed by atoms with van der Waals surface area (Å²) in [6.45, 7) is 24.1. The zero-order valence-electron chi connectivity index (χ0n) is 35.8. The summed E-state index contributed by atoms with van der Waals surface area (Å²) < 4.78 is 31.5. The van der Waals surface area contributed by atoms with Crippen LogP contribution >= 0.6 is 0 Å². The van der Waals surface area contributed by atoms with Crippen molar-refractivity contribution in [3.63, 3.8) is 0 Å². The molecule has 0 aliphatic heterocycles. The summed E-state index contributed by atoms with van der Waals surface area (Å²) in [7, 11) is 7.62. The number of carbonyl (C=O) groups is 6. The van der Waals surface area contributed by atoms with E-state index in [0.717, 1.165) is 5.57 Å². The van der Waals surface area contributed by atoms with E-state index in [4.69, 9.17) is 0 Å². The van der Waals surface area contributed by atoms with Gasteiger partial charge in [0, 0.05) is 11.8 Å². The average molecular weight is 779 g/mol. The van der Waals surface area contributed by atoms with Crippen LogP contribution in [0.15, 0.2) is 72.4 Å². The summed E-state index contributed by atoms with van der Waals surface area (Å²) in [5.41, 5.74) is 1.96. The molecule has 0 aromatic heterocycles. The minimum absolute atomic E-state index is 0. The first-order valence-corrected chi connectivity index (χ1v) is 16.1. The molecule has 14 heteroatoms. The minimum Gasteiger partial charge on any atom is -1.00 e. The largest absolute Gasteiger partial charge is 1.00 e. The van der Waals surface area contributed by atoms with Crippen molar-refractivity contribution in [2.45, 2.75) is 69.7 Å². The molecular weight excluding hydrogens is 711 g/mol. The van der Waals surface area contributed by atoms with Gasteiger partial charge in [0.1, 0.15) is 6.61 Å². The molecule has 1 unspecified atom stereocenters. The Bertz CT molecular complexity index is 1240. The normalized spacial score (nSPS) is 11.1. The van der Waals surface area contributed by atoms with E-state index in [9.17, 15) is 28.8 Å². The molecule has 0 N–H and O–H groups in total. The van der Waals surface area contributed by atoms with Gasteiger partial charge in [-0.1, -0.05) is 67.5 Å². The maximum atomic E-state index is 11.8. The molecular formula is C40H67NaO13. The Morgan fingerprint density at radius 3 is 1.37 bits per heavy atom. The second-order valence-electron chi connectivity index (χ2n) is 11.8. The second-order valence-corrected chi connectivity index (χ2v) is 11.8. The van der Waals surface area contributed by atoms with Crippen LogP contribution in [0.2, 0.25) is 0 Å². The van der Waals surface area contributed by atoms with Crippen LogP contribution in [0, 0.1) is 29.1 Å². The maximum absolute atomic E-state index is 11.8. The van der Waals surface area contributed by atoms with Gasteiger partial charge in [0.15, 0.2) is 11.3 Å². The van der Waals surface area contributed by atoms with Crippen LogP contribution in [0.1, 0.15) is 71.2 Å². The third-order valence-electron chi connectivity index (χ3n) is 6.74. The van der Waals surface area contributed by atoms with Gasteiger partial charge < -0.3 is 34.6 Å². The molecule has 0 amide bonds. The number of methoxy groups -OCH3 is 6. The van der Waals surface area contributed by atoms with E-state index in [1.54, 1.807) is 24.3 Å². The van der Waals surface area contributed by atoms with Crippen LogP contribution in [-0.4, -0.2) is 85.3 Å². The van der Waals surface area contributed by atoms with Crippen molar-refractivity contribution in [1.82, 2.24) is 0 Å². The first-order chi connectivity index (χ1) is 24.2. The fourth-order valence-corrected chi connectivity index (χ4v) is 3.69. The number of allylic oxidation sites excluding steroid dienone is 9. The molecule has 0 saturated heterocycles. The van der Waals surface area contributed by atoms with Gasteiger partial charge in [0.25, 0.3) is 0 Å². The zero-order valence-corrected chi connectivity index (χ0v) is 36.8. The van der Waals surface area contributed by atoms with Crippen molar-refractivity contribution in [2.75, 3.05) is 49.3 Å². The second kappa shape index (κ2) is 36.1. The first kappa shape index (κ1) is 62.1. The fourth-order valence-electron chi connectivity index (χ4n) is 3.69. The van der Waals surface area contributed by atoms with E-state index in [1.807, 2.05) is 66.7 Å². The Balaban J connectivity index is -0.000000112. The summed E-state index contributed by atoms with van der Waals surface area (Å²) in [4.78, 5) is 66.4. The minimum atomic E-state index is -1.40. The van der Waals surface area contributed by atoms with E-state index in [1.165, 1.54) is 67.7 Å². The van der Waals surface area contributed by atoms with Gasteiger partial charge in [-0.15, -0.1) is 13.2 Å². The van der Waals surface area contributed by atoms with Gasteiger partial charge in [0.2, 0.25) is 0 Å². The smallest absolute Gasteiger partial charge is 1.00 e. The Kier molecular flexibility index (Phi) is 41.4. The quantitative estimate of drug-likeness (QED) is 0.0596. The van der Waals surface area contributed by atoms with Crippen molar-refractivity contribution < 1.29 is 92.9 Å².